The van der Waals surface area contributed by atoms with Crippen molar-refractivity contribution < 1.29 is 28.5 Å². The van der Waals surface area contributed by atoms with Crippen molar-refractivity contribution in [3.05, 3.63) is 107 Å². The number of anilines is 1. The van der Waals surface area contributed by atoms with Crippen molar-refractivity contribution >= 4 is 34.5 Å². The highest BCUT2D eigenvalue weighted by Gasteiger charge is 2.40. The normalized spacial score (nSPS) is 18.1. The molecule has 1 saturated heterocycles. The Morgan fingerprint density at radius 2 is 1.50 bits per heavy atom. The van der Waals surface area contributed by atoms with Crippen LogP contribution in [0.3, 0.4) is 0 Å². The lowest BCUT2D eigenvalue weighted by Gasteiger charge is -2.37. The van der Waals surface area contributed by atoms with E-state index >= 15 is 0 Å². The summed E-state index contributed by atoms with van der Waals surface area (Å²) in [5.74, 6) is -0.483. The second kappa shape index (κ2) is 10.5. The topological polar surface area (TPSA) is 74.3 Å². The second-order valence-corrected chi connectivity index (χ2v) is 9.76. The first-order valence-corrected chi connectivity index (χ1v) is 13.2. The molecule has 2 aliphatic heterocycles. The molecule has 4 aromatic rings. The van der Waals surface area contributed by atoms with E-state index in [1.54, 1.807) is 0 Å². The average molecular weight is 536 g/mol. The van der Waals surface area contributed by atoms with Crippen molar-refractivity contribution in [3.8, 4) is 11.5 Å². The number of carbonyl (C=O) groups is 2. The molecule has 4 aromatic carbocycles. The van der Waals surface area contributed by atoms with Crippen LogP contribution in [0.2, 0.25) is 0 Å². The van der Waals surface area contributed by atoms with Gasteiger partial charge in [-0.2, -0.15) is 0 Å². The largest absolute Gasteiger partial charge is 0.472 e. The predicted octanol–water partition coefficient (Wildman–Crippen LogP) is 5.74. The van der Waals surface area contributed by atoms with E-state index in [0.29, 0.717) is 29.9 Å². The molecule has 1 unspecified atom stereocenters. The molecular formula is C33H29NO6. The maximum Gasteiger partial charge on any atom is 0.342 e. The molecule has 40 heavy (non-hydrogen) atoms. The molecule has 0 aliphatic carbocycles. The van der Waals surface area contributed by atoms with Crippen molar-refractivity contribution in [3.63, 3.8) is 0 Å². The van der Waals surface area contributed by atoms with Gasteiger partial charge in [0.15, 0.2) is 11.4 Å². The highest BCUT2D eigenvalue weighted by atomic mass is 16.5. The zero-order chi connectivity index (χ0) is 27.7. The SMILES string of the molecule is COC(=O)c1c2c(c3ccccc3c1OC(C)=O)OC(c1ccccc1)(c1ccc(N3CCOCC3)cc1)C=C2. The van der Waals surface area contributed by atoms with Crippen LogP contribution in [0.1, 0.15) is 34.0 Å². The zero-order valence-electron chi connectivity index (χ0n) is 22.4. The van der Waals surface area contributed by atoms with Crippen LogP contribution in [0.4, 0.5) is 5.69 Å². The molecule has 0 aromatic heterocycles. The lowest BCUT2D eigenvalue weighted by molar-refractivity contribution is -0.131. The van der Waals surface area contributed by atoms with Crippen molar-refractivity contribution in [1.82, 2.24) is 0 Å². The molecule has 2 aliphatic rings. The molecule has 0 amide bonds. The minimum atomic E-state index is -0.975. The molecule has 6 rings (SSSR count). The molecule has 1 fully saturated rings. The number of hydrogen-bond donors (Lipinski definition) is 0. The van der Waals surface area contributed by atoms with Crippen LogP contribution in [0, 0.1) is 0 Å². The number of fused-ring (bicyclic) bond motifs is 3. The van der Waals surface area contributed by atoms with Gasteiger partial charge in [0.05, 0.1) is 20.3 Å². The molecule has 2 heterocycles. The Morgan fingerprint density at radius 1 is 0.850 bits per heavy atom. The molecule has 0 radical (unpaired) electrons. The zero-order valence-corrected chi connectivity index (χ0v) is 22.4. The van der Waals surface area contributed by atoms with E-state index in [0.717, 1.165) is 35.3 Å². The van der Waals surface area contributed by atoms with E-state index in [4.69, 9.17) is 18.9 Å². The molecule has 0 spiro atoms. The Balaban J connectivity index is 1.56. The Bertz CT molecular complexity index is 1610. The molecule has 7 heteroatoms. The third-order valence-electron chi connectivity index (χ3n) is 7.42. The number of rotatable bonds is 5. The van der Waals surface area contributed by atoms with Crippen LogP contribution in [-0.2, 0) is 19.9 Å². The molecular weight excluding hydrogens is 506 g/mol. The van der Waals surface area contributed by atoms with Gasteiger partial charge in [-0.1, -0.05) is 66.7 Å². The smallest absolute Gasteiger partial charge is 0.342 e. The van der Waals surface area contributed by atoms with E-state index in [9.17, 15) is 9.59 Å². The summed E-state index contributed by atoms with van der Waals surface area (Å²) >= 11 is 0. The van der Waals surface area contributed by atoms with Crippen LogP contribution in [0.5, 0.6) is 11.5 Å². The third kappa shape index (κ3) is 4.38. The number of nitrogens with zero attached hydrogens (tertiary/aromatic N) is 1. The van der Waals surface area contributed by atoms with Gasteiger partial charge in [0.1, 0.15) is 11.3 Å². The molecule has 0 N–H and O–H groups in total. The van der Waals surface area contributed by atoms with Gasteiger partial charge >= 0.3 is 11.9 Å². The Morgan fingerprint density at radius 3 is 2.17 bits per heavy atom. The second-order valence-electron chi connectivity index (χ2n) is 9.76. The van der Waals surface area contributed by atoms with Crippen molar-refractivity contribution in [1.29, 1.82) is 0 Å². The summed E-state index contributed by atoms with van der Waals surface area (Å²) < 4.78 is 23.3. The quantitative estimate of drug-likeness (QED) is 0.238. The highest BCUT2D eigenvalue weighted by Crippen LogP contribution is 2.49. The highest BCUT2D eigenvalue weighted by molar-refractivity contribution is 6.09. The van der Waals surface area contributed by atoms with Gasteiger partial charge in [0, 0.05) is 53.2 Å². The number of esters is 2. The molecule has 0 saturated carbocycles. The van der Waals surface area contributed by atoms with E-state index in [-0.39, 0.29) is 11.3 Å². The Labute approximate surface area is 232 Å². The number of ether oxygens (including phenoxy) is 4. The number of morpholine rings is 1. The summed E-state index contributed by atoms with van der Waals surface area (Å²) in [5.41, 5.74) is 2.66. The van der Waals surface area contributed by atoms with Crippen molar-refractivity contribution in [2.45, 2.75) is 12.5 Å². The third-order valence-corrected chi connectivity index (χ3v) is 7.42. The lowest BCUT2D eigenvalue weighted by Crippen LogP contribution is -2.37. The molecule has 0 bridgehead atoms. The summed E-state index contributed by atoms with van der Waals surface area (Å²) in [4.78, 5) is 27.5. The first kappa shape index (κ1) is 25.6. The van der Waals surface area contributed by atoms with Crippen LogP contribution < -0.4 is 14.4 Å². The Hall–Kier alpha value is -4.62. The van der Waals surface area contributed by atoms with E-state index < -0.39 is 17.5 Å². The van der Waals surface area contributed by atoms with Gasteiger partial charge in [-0.25, -0.2) is 4.79 Å². The molecule has 7 nitrogen and oxygen atoms in total. The fourth-order valence-corrected chi connectivity index (χ4v) is 5.52. The summed E-state index contributed by atoms with van der Waals surface area (Å²) in [5, 5.41) is 1.30. The van der Waals surface area contributed by atoms with Gasteiger partial charge in [0.2, 0.25) is 0 Å². The summed E-state index contributed by atoms with van der Waals surface area (Å²) in [6.45, 7) is 4.43. The number of carbonyl (C=O) groups excluding carboxylic acids is 2. The van der Waals surface area contributed by atoms with E-state index in [1.807, 2.05) is 66.7 Å². The number of hydrogen-bond acceptors (Lipinski definition) is 7. The fraction of sp³-hybridized carbons (Fsp3) is 0.212. The van der Waals surface area contributed by atoms with Gasteiger partial charge in [0.25, 0.3) is 0 Å². The molecule has 202 valence electrons. The Kier molecular flexibility index (Phi) is 6.74. The van der Waals surface area contributed by atoms with Gasteiger partial charge < -0.3 is 23.8 Å². The van der Waals surface area contributed by atoms with Crippen LogP contribution in [0.15, 0.2) is 84.9 Å². The summed E-state index contributed by atoms with van der Waals surface area (Å²) in [6.07, 6.45) is 3.82. The molecule has 1 atom stereocenters. The van der Waals surface area contributed by atoms with Crippen LogP contribution in [-0.4, -0.2) is 45.4 Å². The van der Waals surface area contributed by atoms with E-state index in [1.165, 1.54) is 14.0 Å². The predicted molar refractivity (Wildman–Crippen MR) is 153 cm³/mol. The first-order valence-electron chi connectivity index (χ1n) is 13.2. The summed E-state index contributed by atoms with van der Waals surface area (Å²) in [7, 11) is 1.30. The van der Waals surface area contributed by atoms with Crippen LogP contribution >= 0.6 is 0 Å². The maximum absolute atomic E-state index is 13.1. The summed E-state index contributed by atoms with van der Waals surface area (Å²) in [6, 6.07) is 25.8. The maximum atomic E-state index is 13.1. The van der Waals surface area contributed by atoms with Crippen molar-refractivity contribution in [2.24, 2.45) is 0 Å². The van der Waals surface area contributed by atoms with E-state index in [2.05, 4.69) is 29.2 Å². The number of benzene rings is 4. The van der Waals surface area contributed by atoms with Gasteiger partial charge in [-0.05, 0) is 24.3 Å². The standard InChI is InChI=1S/C33H29NO6/c1-22(35)39-31-27-11-7-6-10-26(27)30-28(29(31)32(36)37-2)16-17-33(40-30,23-8-4-3-5-9-23)24-12-14-25(15-13-24)34-18-20-38-21-19-34/h3-17H,18-21H2,1-2H3. The first-order chi connectivity index (χ1) is 19.5. The monoisotopic (exact) mass is 535 g/mol. The van der Waals surface area contributed by atoms with Crippen molar-refractivity contribution in [2.75, 3.05) is 38.3 Å². The van der Waals surface area contributed by atoms with Crippen LogP contribution in [0.25, 0.3) is 16.8 Å². The van der Waals surface area contributed by atoms with Gasteiger partial charge in [-0.15, -0.1) is 0 Å². The average Bonchev–Trinajstić information content (AvgIpc) is 3.01. The minimum absolute atomic E-state index is 0.145. The lowest BCUT2D eigenvalue weighted by atomic mass is 9.82. The minimum Gasteiger partial charge on any atom is -0.472 e. The number of methoxy groups -OCH3 is 1. The fourth-order valence-electron chi connectivity index (χ4n) is 5.52. The van der Waals surface area contributed by atoms with Gasteiger partial charge in [-0.3, -0.25) is 4.79 Å².